The Labute approximate surface area is 206 Å². The lowest BCUT2D eigenvalue weighted by atomic mass is 9.96. The molecule has 2 N–H and O–H groups in total. The molecular formula is C29H33N5O. The van der Waals surface area contributed by atoms with Gasteiger partial charge in [0, 0.05) is 24.5 Å². The zero-order chi connectivity index (χ0) is 24.5. The molecule has 35 heavy (non-hydrogen) atoms. The van der Waals surface area contributed by atoms with Gasteiger partial charge in [0.15, 0.2) is 5.65 Å². The minimum absolute atomic E-state index is 0.178. The Balaban J connectivity index is 1.37. The number of aryl methyl sites for hydroxylation is 1. The molecule has 6 heteroatoms. The summed E-state index contributed by atoms with van der Waals surface area (Å²) in [5.41, 5.74) is 7.07. The molecule has 0 unspecified atom stereocenters. The fraction of sp³-hybridized carbons (Fsp3) is 0.345. The Hall–Kier alpha value is -3.67. The van der Waals surface area contributed by atoms with Crippen LogP contribution in [-0.2, 0) is 19.4 Å². The van der Waals surface area contributed by atoms with Crippen LogP contribution in [0.1, 0.15) is 60.7 Å². The largest absolute Gasteiger partial charge is 0.381 e. The highest BCUT2D eigenvalue weighted by Crippen LogP contribution is 2.34. The van der Waals surface area contributed by atoms with Gasteiger partial charge in [0.1, 0.15) is 0 Å². The highest BCUT2D eigenvalue weighted by Gasteiger charge is 2.23. The number of rotatable bonds is 7. The van der Waals surface area contributed by atoms with Crippen molar-refractivity contribution in [1.29, 1.82) is 0 Å². The third kappa shape index (κ3) is 4.53. The number of benzene rings is 2. The lowest BCUT2D eigenvalue weighted by Gasteiger charge is -2.21. The number of nitrogens with zero attached hydrogens (tertiary/aromatic N) is 3. The van der Waals surface area contributed by atoms with E-state index >= 15 is 0 Å². The van der Waals surface area contributed by atoms with Crippen LogP contribution in [0.5, 0.6) is 0 Å². The minimum Gasteiger partial charge on any atom is -0.381 e. The van der Waals surface area contributed by atoms with Gasteiger partial charge in [0.05, 0.1) is 22.8 Å². The van der Waals surface area contributed by atoms with Crippen LogP contribution >= 0.6 is 0 Å². The van der Waals surface area contributed by atoms with Crippen molar-refractivity contribution in [3.8, 4) is 0 Å². The third-order valence-corrected chi connectivity index (χ3v) is 7.27. The van der Waals surface area contributed by atoms with Gasteiger partial charge in [-0.25, -0.2) is 9.67 Å². The van der Waals surface area contributed by atoms with Gasteiger partial charge in [-0.2, -0.15) is 5.10 Å². The van der Waals surface area contributed by atoms with Gasteiger partial charge in [-0.1, -0.05) is 50.2 Å². The van der Waals surface area contributed by atoms with E-state index in [1.165, 1.54) is 16.7 Å². The molecule has 0 saturated heterocycles. The highest BCUT2D eigenvalue weighted by atomic mass is 16.1. The standard InChI is InChI=1S/C29H33N5O/c1-5-34-28-25(17-31-34)27(32-19(4)18(2)3)26(16-30-28)29(35)33-24-12-10-20(11-13-24)23-14-21-8-6-7-9-22(21)15-23/h6-13,16-19,23H,5,14-15H2,1-4H3,(H,30,32)(H,33,35)/t19-/m1/s1. The highest BCUT2D eigenvalue weighted by molar-refractivity contribution is 6.12. The maximum absolute atomic E-state index is 13.4. The molecule has 0 radical (unpaired) electrons. The number of hydrogen-bond donors (Lipinski definition) is 2. The maximum Gasteiger partial charge on any atom is 0.259 e. The molecule has 0 bridgehead atoms. The summed E-state index contributed by atoms with van der Waals surface area (Å²) in [4.78, 5) is 18.0. The minimum atomic E-state index is -0.178. The zero-order valence-corrected chi connectivity index (χ0v) is 20.9. The summed E-state index contributed by atoms with van der Waals surface area (Å²) in [5.74, 6) is 0.722. The Morgan fingerprint density at radius 3 is 2.34 bits per heavy atom. The van der Waals surface area contributed by atoms with Crippen LogP contribution < -0.4 is 10.6 Å². The predicted octanol–water partition coefficient (Wildman–Crippen LogP) is 6.04. The fourth-order valence-electron chi connectivity index (χ4n) is 4.81. The first kappa shape index (κ1) is 23.1. The van der Waals surface area contributed by atoms with Gasteiger partial charge in [-0.3, -0.25) is 4.79 Å². The molecule has 1 aliphatic rings. The van der Waals surface area contributed by atoms with Crippen LogP contribution in [-0.4, -0.2) is 26.7 Å². The van der Waals surface area contributed by atoms with Crippen molar-refractivity contribution in [2.45, 2.75) is 59.0 Å². The van der Waals surface area contributed by atoms with Gasteiger partial charge in [0.25, 0.3) is 5.91 Å². The van der Waals surface area contributed by atoms with Crippen molar-refractivity contribution in [2.24, 2.45) is 5.92 Å². The molecule has 1 amide bonds. The van der Waals surface area contributed by atoms with E-state index in [1.807, 2.05) is 23.7 Å². The van der Waals surface area contributed by atoms with Crippen LogP contribution in [0, 0.1) is 5.92 Å². The van der Waals surface area contributed by atoms with Crippen LogP contribution in [0.25, 0.3) is 11.0 Å². The number of amides is 1. The number of nitrogens with one attached hydrogen (secondary N) is 2. The number of pyridine rings is 1. The fourth-order valence-corrected chi connectivity index (χ4v) is 4.81. The van der Waals surface area contributed by atoms with Crippen LogP contribution in [0.15, 0.2) is 60.9 Å². The molecule has 2 aromatic carbocycles. The van der Waals surface area contributed by atoms with E-state index in [9.17, 15) is 4.79 Å². The molecule has 0 saturated carbocycles. The first-order valence-corrected chi connectivity index (χ1v) is 12.5. The average molecular weight is 468 g/mol. The topological polar surface area (TPSA) is 71.8 Å². The molecule has 1 aliphatic carbocycles. The molecule has 0 spiro atoms. The molecule has 6 nitrogen and oxygen atoms in total. The molecular weight excluding hydrogens is 434 g/mol. The number of fused-ring (bicyclic) bond motifs is 2. The van der Waals surface area contributed by atoms with E-state index in [2.05, 4.69) is 77.9 Å². The van der Waals surface area contributed by atoms with Gasteiger partial charge >= 0.3 is 0 Å². The molecule has 5 rings (SSSR count). The smallest absolute Gasteiger partial charge is 0.259 e. The molecule has 4 aromatic rings. The Bertz CT molecular complexity index is 1330. The monoisotopic (exact) mass is 467 g/mol. The lowest BCUT2D eigenvalue weighted by Crippen LogP contribution is -2.24. The lowest BCUT2D eigenvalue weighted by molar-refractivity contribution is 0.102. The van der Waals surface area contributed by atoms with E-state index in [0.29, 0.717) is 17.4 Å². The molecule has 1 atom stereocenters. The maximum atomic E-state index is 13.4. The second-order valence-electron chi connectivity index (χ2n) is 9.87. The summed E-state index contributed by atoms with van der Waals surface area (Å²) in [6.07, 6.45) is 5.60. The summed E-state index contributed by atoms with van der Waals surface area (Å²) in [7, 11) is 0. The van der Waals surface area contributed by atoms with Crippen LogP contribution in [0.4, 0.5) is 11.4 Å². The van der Waals surface area contributed by atoms with Crippen molar-refractivity contribution >= 4 is 28.3 Å². The molecule has 2 aromatic heterocycles. The number of hydrogen-bond acceptors (Lipinski definition) is 4. The van der Waals surface area contributed by atoms with Crippen molar-refractivity contribution in [3.05, 3.63) is 83.2 Å². The van der Waals surface area contributed by atoms with Gasteiger partial charge in [-0.15, -0.1) is 0 Å². The summed E-state index contributed by atoms with van der Waals surface area (Å²) < 4.78 is 1.85. The SMILES string of the molecule is CCn1ncc2c(N[C@H](C)C(C)C)c(C(=O)Nc3ccc(C4Cc5ccccc5C4)cc3)cnc21. The Morgan fingerprint density at radius 1 is 1.03 bits per heavy atom. The number of anilines is 2. The van der Waals surface area contributed by atoms with Crippen LogP contribution in [0.3, 0.4) is 0 Å². The Morgan fingerprint density at radius 2 is 1.71 bits per heavy atom. The second-order valence-corrected chi connectivity index (χ2v) is 9.87. The quantitative estimate of drug-likeness (QED) is 0.347. The van der Waals surface area contributed by atoms with Crippen molar-refractivity contribution in [3.63, 3.8) is 0 Å². The molecule has 2 heterocycles. The summed E-state index contributed by atoms with van der Waals surface area (Å²) >= 11 is 0. The number of carbonyl (C=O) groups is 1. The third-order valence-electron chi connectivity index (χ3n) is 7.27. The van der Waals surface area contributed by atoms with Crippen molar-refractivity contribution in [1.82, 2.24) is 14.8 Å². The van der Waals surface area contributed by atoms with E-state index < -0.39 is 0 Å². The van der Waals surface area contributed by atoms with E-state index in [1.54, 1.807) is 12.4 Å². The Kier molecular flexibility index (Phi) is 6.29. The summed E-state index contributed by atoms with van der Waals surface area (Å²) in [6, 6.07) is 17.1. The van der Waals surface area contributed by atoms with E-state index in [0.717, 1.165) is 41.8 Å². The van der Waals surface area contributed by atoms with Crippen LogP contribution in [0.2, 0.25) is 0 Å². The summed E-state index contributed by atoms with van der Waals surface area (Å²) in [6.45, 7) is 9.21. The van der Waals surface area contributed by atoms with E-state index in [4.69, 9.17) is 0 Å². The summed E-state index contributed by atoms with van der Waals surface area (Å²) in [5, 5.41) is 12.0. The van der Waals surface area contributed by atoms with Crippen molar-refractivity contribution in [2.75, 3.05) is 10.6 Å². The number of carbonyl (C=O) groups excluding carboxylic acids is 1. The average Bonchev–Trinajstić information content (AvgIpc) is 3.48. The first-order valence-electron chi connectivity index (χ1n) is 12.5. The second kappa shape index (κ2) is 9.53. The molecule has 0 fully saturated rings. The van der Waals surface area contributed by atoms with Crippen molar-refractivity contribution < 1.29 is 4.79 Å². The number of aromatic nitrogens is 3. The normalized spacial score (nSPS) is 14.3. The van der Waals surface area contributed by atoms with E-state index in [-0.39, 0.29) is 11.9 Å². The zero-order valence-electron chi connectivity index (χ0n) is 20.9. The van der Waals surface area contributed by atoms with Gasteiger partial charge < -0.3 is 10.6 Å². The first-order chi connectivity index (χ1) is 16.9. The molecule has 180 valence electrons. The van der Waals surface area contributed by atoms with Gasteiger partial charge in [0.2, 0.25) is 0 Å². The molecule has 0 aliphatic heterocycles. The predicted molar refractivity (Wildman–Crippen MR) is 142 cm³/mol. The van der Waals surface area contributed by atoms with Gasteiger partial charge in [-0.05, 0) is 67.3 Å².